The number of unbranched alkanes of at least 4 members (excludes halogenated alkanes) is 1. The first-order valence-electron chi connectivity index (χ1n) is 6.72. The maximum absolute atomic E-state index is 5.74. The van der Waals surface area contributed by atoms with Gasteiger partial charge < -0.3 is 10.3 Å². The number of rotatable bonds is 6. The van der Waals surface area contributed by atoms with Gasteiger partial charge in [-0.3, -0.25) is 0 Å². The van der Waals surface area contributed by atoms with Crippen LogP contribution in [0.1, 0.15) is 33.1 Å². The molecule has 0 aliphatic carbocycles. The molecule has 1 aromatic carbocycles. The van der Waals surface area contributed by atoms with E-state index in [1.807, 2.05) is 12.4 Å². The van der Waals surface area contributed by atoms with E-state index < -0.39 is 0 Å². The molecule has 1 heterocycles. The highest BCUT2D eigenvalue weighted by molar-refractivity contribution is 5.74. The van der Waals surface area contributed by atoms with E-state index in [0.29, 0.717) is 0 Å². The highest BCUT2D eigenvalue weighted by Gasteiger charge is 2.14. The van der Waals surface area contributed by atoms with Gasteiger partial charge in [0.2, 0.25) is 0 Å². The summed E-state index contributed by atoms with van der Waals surface area (Å²) in [5.41, 5.74) is 8.33. The van der Waals surface area contributed by atoms with Crippen LogP contribution in [0.2, 0.25) is 0 Å². The Kier molecular flexibility index (Phi) is 4.02. The van der Waals surface area contributed by atoms with Gasteiger partial charge in [0.25, 0.3) is 0 Å². The zero-order valence-electron chi connectivity index (χ0n) is 11.4. The summed E-state index contributed by atoms with van der Waals surface area (Å²) in [6.07, 6.45) is 5.54. The van der Waals surface area contributed by atoms with Crippen LogP contribution in [-0.2, 0) is 6.54 Å². The van der Waals surface area contributed by atoms with Gasteiger partial charge >= 0.3 is 0 Å². The van der Waals surface area contributed by atoms with Gasteiger partial charge in [-0.05, 0) is 36.9 Å². The maximum Gasteiger partial charge on any atom is 0.0958 e. The largest absolute Gasteiger partial charge is 0.331 e. The molecular weight excluding hydrogens is 222 g/mol. The van der Waals surface area contributed by atoms with Gasteiger partial charge in [-0.25, -0.2) is 4.98 Å². The predicted octanol–water partition coefficient (Wildman–Crippen LogP) is 3.19. The molecule has 2 aromatic rings. The summed E-state index contributed by atoms with van der Waals surface area (Å²) in [6.45, 7) is 6.28. The first kappa shape index (κ1) is 13.1. The molecule has 0 saturated carbocycles. The molecule has 3 nitrogen and oxygen atoms in total. The molecule has 2 rings (SSSR count). The van der Waals surface area contributed by atoms with E-state index in [-0.39, 0.29) is 5.41 Å². The van der Waals surface area contributed by atoms with Crippen LogP contribution in [0.25, 0.3) is 11.0 Å². The summed E-state index contributed by atoms with van der Waals surface area (Å²) < 4.78 is 2.24. The first-order chi connectivity index (χ1) is 8.62. The highest BCUT2D eigenvalue weighted by Crippen LogP contribution is 2.22. The van der Waals surface area contributed by atoms with Crippen molar-refractivity contribution >= 4 is 11.0 Å². The number of para-hydroxylation sites is 2. The smallest absolute Gasteiger partial charge is 0.0958 e. The van der Waals surface area contributed by atoms with Gasteiger partial charge in [0, 0.05) is 6.54 Å². The van der Waals surface area contributed by atoms with E-state index in [2.05, 4.69) is 41.6 Å². The molecule has 0 radical (unpaired) electrons. The van der Waals surface area contributed by atoms with Gasteiger partial charge in [0.05, 0.1) is 17.4 Å². The molecule has 18 heavy (non-hydrogen) atoms. The molecule has 0 spiro atoms. The van der Waals surface area contributed by atoms with Crippen LogP contribution in [0, 0.1) is 5.41 Å². The number of nitrogens with zero attached hydrogens (tertiary/aromatic N) is 2. The monoisotopic (exact) mass is 245 g/mol. The average molecular weight is 245 g/mol. The second kappa shape index (κ2) is 5.53. The standard InChI is InChI=1S/C15H23N3/c1-15(2,11-16)9-5-6-10-18-12-17-13-7-3-4-8-14(13)18/h3-4,7-8,12H,5-6,9-11,16H2,1-2H3. The minimum absolute atomic E-state index is 0.275. The molecule has 2 N–H and O–H groups in total. The Hall–Kier alpha value is -1.35. The Morgan fingerprint density at radius 1 is 1.22 bits per heavy atom. The third-order valence-corrected chi connectivity index (χ3v) is 3.58. The van der Waals surface area contributed by atoms with E-state index in [4.69, 9.17) is 5.73 Å². The summed E-state index contributed by atoms with van der Waals surface area (Å²) in [5.74, 6) is 0. The van der Waals surface area contributed by atoms with Gasteiger partial charge in [0.1, 0.15) is 0 Å². The van der Waals surface area contributed by atoms with Crippen molar-refractivity contribution in [2.75, 3.05) is 6.54 Å². The van der Waals surface area contributed by atoms with Crippen LogP contribution in [0.3, 0.4) is 0 Å². The van der Waals surface area contributed by atoms with E-state index in [9.17, 15) is 0 Å². The number of imidazole rings is 1. The molecule has 0 bridgehead atoms. The number of hydrogen-bond donors (Lipinski definition) is 1. The van der Waals surface area contributed by atoms with E-state index in [0.717, 1.165) is 18.6 Å². The summed E-state index contributed by atoms with van der Waals surface area (Å²) in [7, 11) is 0. The fraction of sp³-hybridized carbons (Fsp3) is 0.533. The van der Waals surface area contributed by atoms with Gasteiger partial charge in [0.15, 0.2) is 0 Å². The lowest BCUT2D eigenvalue weighted by molar-refractivity contribution is 0.329. The number of fused-ring (bicyclic) bond motifs is 1. The molecule has 0 unspecified atom stereocenters. The van der Waals surface area contributed by atoms with Crippen molar-refractivity contribution in [3.05, 3.63) is 30.6 Å². The molecule has 0 saturated heterocycles. The summed E-state index contributed by atoms with van der Waals surface area (Å²) in [4.78, 5) is 4.41. The number of benzene rings is 1. The predicted molar refractivity (Wildman–Crippen MR) is 76.4 cm³/mol. The second-order valence-electron chi connectivity index (χ2n) is 5.75. The van der Waals surface area contributed by atoms with Crippen LogP contribution in [-0.4, -0.2) is 16.1 Å². The number of aryl methyl sites for hydroxylation is 1. The Morgan fingerprint density at radius 3 is 2.78 bits per heavy atom. The Morgan fingerprint density at radius 2 is 2.00 bits per heavy atom. The fourth-order valence-electron chi connectivity index (χ4n) is 2.18. The van der Waals surface area contributed by atoms with Crippen molar-refractivity contribution in [3.8, 4) is 0 Å². The lowest BCUT2D eigenvalue weighted by atomic mass is 9.87. The van der Waals surface area contributed by atoms with Crippen molar-refractivity contribution in [3.63, 3.8) is 0 Å². The van der Waals surface area contributed by atoms with E-state index in [1.54, 1.807) is 0 Å². The highest BCUT2D eigenvalue weighted by atomic mass is 15.0. The topological polar surface area (TPSA) is 43.8 Å². The Bertz CT molecular complexity index is 499. The third kappa shape index (κ3) is 3.10. The fourth-order valence-corrected chi connectivity index (χ4v) is 2.18. The van der Waals surface area contributed by atoms with Crippen LogP contribution >= 0.6 is 0 Å². The van der Waals surface area contributed by atoms with E-state index >= 15 is 0 Å². The summed E-state index contributed by atoms with van der Waals surface area (Å²) in [5, 5.41) is 0. The minimum Gasteiger partial charge on any atom is -0.331 e. The van der Waals surface area contributed by atoms with Crippen molar-refractivity contribution in [2.24, 2.45) is 11.1 Å². The lowest BCUT2D eigenvalue weighted by Crippen LogP contribution is -2.23. The normalized spacial score (nSPS) is 12.2. The second-order valence-corrected chi connectivity index (χ2v) is 5.75. The SMILES string of the molecule is CC(C)(CN)CCCCn1cnc2ccccc21. The van der Waals surface area contributed by atoms with Gasteiger partial charge in [-0.1, -0.05) is 32.4 Å². The molecule has 98 valence electrons. The summed E-state index contributed by atoms with van der Waals surface area (Å²) >= 11 is 0. The minimum atomic E-state index is 0.275. The lowest BCUT2D eigenvalue weighted by Gasteiger charge is -2.21. The Labute approximate surface area is 109 Å². The van der Waals surface area contributed by atoms with Crippen LogP contribution in [0.15, 0.2) is 30.6 Å². The van der Waals surface area contributed by atoms with Gasteiger partial charge in [-0.15, -0.1) is 0 Å². The molecule has 0 aliphatic rings. The molecule has 0 atom stereocenters. The van der Waals surface area contributed by atoms with Crippen LogP contribution in [0.5, 0.6) is 0 Å². The zero-order chi connectivity index (χ0) is 13.0. The molecule has 1 aromatic heterocycles. The van der Waals surface area contributed by atoms with Crippen molar-refractivity contribution in [2.45, 2.75) is 39.7 Å². The van der Waals surface area contributed by atoms with Crippen molar-refractivity contribution in [1.82, 2.24) is 9.55 Å². The number of aromatic nitrogens is 2. The quantitative estimate of drug-likeness (QED) is 0.794. The number of nitrogens with two attached hydrogens (primary N) is 1. The zero-order valence-corrected chi connectivity index (χ0v) is 11.4. The van der Waals surface area contributed by atoms with Crippen LogP contribution < -0.4 is 5.73 Å². The third-order valence-electron chi connectivity index (χ3n) is 3.58. The molecular formula is C15H23N3. The molecule has 3 heteroatoms. The Balaban J connectivity index is 1.87. The molecule has 0 fully saturated rings. The van der Waals surface area contributed by atoms with Crippen LogP contribution in [0.4, 0.5) is 0 Å². The maximum atomic E-state index is 5.74. The van der Waals surface area contributed by atoms with Crippen molar-refractivity contribution < 1.29 is 0 Å². The number of hydrogen-bond acceptors (Lipinski definition) is 2. The molecule has 0 amide bonds. The molecule has 0 aliphatic heterocycles. The van der Waals surface area contributed by atoms with Gasteiger partial charge in [-0.2, -0.15) is 0 Å². The summed E-state index contributed by atoms with van der Waals surface area (Å²) in [6, 6.07) is 8.29. The first-order valence-corrected chi connectivity index (χ1v) is 6.72. The van der Waals surface area contributed by atoms with Crippen molar-refractivity contribution in [1.29, 1.82) is 0 Å². The average Bonchev–Trinajstić information content (AvgIpc) is 2.78. The van der Waals surface area contributed by atoms with E-state index in [1.165, 1.54) is 24.8 Å².